The highest BCUT2D eigenvalue weighted by Crippen LogP contribution is 2.36. The van der Waals surface area contributed by atoms with Crippen LogP contribution in [0, 0.1) is 6.92 Å². The van der Waals surface area contributed by atoms with Gasteiger partial charge >= 0.3 is 0 Å². The normalized spacial score (nSPS) is 21.7. The van der Waals surface area contributed by atoms with Crippen molar-refractivity contribution in [2.45, 2.75) is 52.1 Å². The summed E-state index contributed by atoms with van der Waals surface area (Å²) in [5.41, 5.74) is 2.56. The van der Waals surface area contributed by atoms with E-state index in [0.717, 1.165) is 11.0 Å². The number of carbonyl (C=O) groups is 1. The first-order chi connectivity index (χ1) is 8.77. The Morgan fingerprint density at radius 1 is 1.26 bits per heavy atom. The van der Waals surface area contributed by atoms with Gasteiger partial charge in [-0.05, 0) is 51.0 Å². The van der Waals surface area contributed by atoms with E-state index in [1.807, 2.05) is 0 Å². The van der Waals surface area contributed by atoms with Crippen LogP contribution in [0.3, 0.4) is 0 Å². The van der Waals surface area contributed by atoms with Gasteiger partial charge in [-0.25, -0.2) is 0 Å². The fraction of sp³-hybridized carbons (Fsp3) is 0.562. The Balaban J connectivity index is 2.39. The molecule has 1 saturated heterocycles. The number of halogens is 1. The van der Waals surface area contributed by atoms with Crippen molar-refractivity contribution in [2.24, 2.45) is 0 Å². The molecule has 104 valence electrons. The second-order valence-corrected chi connectivity index (χ2v) is 7.35. The molecule has 1 aliphatic heterocycles. The molecular weight excluding hydrogens is 302 g/mol. The van der Waals surface area contributed by atoms with Crippen LogP contribution < -0.4 is 0 Å². The molecule has 3 heteroatoms. The first kappa shape index (κ1) is 14.7. The van der Waals surface area contributed by atoms with Crippen LogP contribution in [0.5, 0.6) is 0 Å². The van der Waals surface area contributed by atoms with Crippen LogP contribution in [0.15, 0.2) is 22.7 Å². The molecule has 2 nitrogen and oxygen atoms in total. The van der Waals surface area contributed by atoms with Gasteiger partial charge in [-0.15, -0.1) is 0 Å². The van der Waals surface area contributed by atoms with E-state index in [2.05, 4.69) is 66.7 Å². The van der Waals surface area contributed by atoms with Gasteiger partial charge in [-0.3, -0.25) is 9.69 Å². The maximum absolute atomic E-state index is 11.9. The maximum atomic E-state index is 11.9. The summed E-state index contributed by atoms with van der Waals surface area (Å²) in [6.07, 6.45) is 1.31. The van der Waals surface area contributed by atoms with Crippen molar-refractivity contribution in [3.63, 3.8) is 0 Å². The van der Waals surface area contributed by atoms with Crippen LogP contribution in [0.25, 0.3) is 0 Å². The molecule has 1 aromatic rings. The van der Waals surface area contributed by atoms with Gasteiger partial charge in [0.05, 0.1) is 0 Å². The number of piperidine rings is 1. The summed E-state index contributed by atoms with van der Waals surface area (Å²) < 4.78 is 1.09. The Bertz CT molecular complexity index is 470. The molecule has 1 aliphatic rings. The fourth-order valence-corrected chi connectivity index (χ4v) is 3.51. The summed E-state index contributed by atoms with van der Waals surface area (Å²) in [6, 6.07) is 6.66. The van der Waals surface area contributed by atoms with Crippen LogP contribution in [-0.2, 0) is 4.79 Å². The van der Waals surface area contributed by atoms with E-state index in [1.54, 1.807) is 0 Å². The number of ketones is 1. The number of carbonyl (C=O) groups excluding carboxylic acids is 1. The van der Waals surface area contributed by atoms with Gasteiger partial charge in [0.25, 0.3) is 0 Å². The van der Waals surface area contributed by atoms with Gasteiger partial charge < -0.3 is 0 Å². The van der Waals surface area contributed by atoms with E-state index < -0.39 is 0 Å². The van der Waals surface area contributed by atoms with Crippen molar-refractivity contribution < 1.29 is 4.79 Å². The van der Waals surface area contributed by atoms with E-state index in [9.17, 15) is 4.79 Å². The molecule has 19 heavy (non-hydrogen) atoms. The second kappa shape index (κ2) is 5.37. The number of Topliss-reactive ketones (excluding diaryl/α,β-unsaturated/α-hetero) is 1. The lowest BCUT2D eigenvalue weighted by molar-refractivity contribution is -0.125. The molecule has 2 rings (SSSR count). The smallest absolute Gasteiger partial charge is 0.136 e. The molecule has 0 N–H and O–H groups in total. The van der Waals surface area contributed by atoms with E-state index in [-0.39, 0.29) is 11.6 Å². The Hall–Kier alpha value is -0.670. The van der Waals surface area contributed by atoms with Crippen LogP contribution in [0.2, 0.25) is 0 Å². The zero-order valence-corrected chi connectivity index (χ0v) is 13.8. The quantitative estimate of drug-likeness (QED) is 0.769. The van der Waals surface area contributed by atoms with Gasteiger partial charge in [-0.2, -0.15) is 0 Å². The minimum Gasteiger partial charge on any atom is -0.300 e. The van der Waals surface area contributed by atoms with Crippen molar-refractivity contribution in [3.05, 3.63) is 33.8 Å². The summed E-state index contributed by atoms with van der Waals surface area (Å²) in [4.78, 5) is 14.3. The average molecular weight is 324 g/mol. The molecule has 0 aromatic heterocycles. The summed E-state index contributed by atoms with van der Waals surface area (Å²) in [5.74, 6) is 0.378. The van der Waals surface area contributed by atoms with Crippen molar-refractivity contribution in [2.75, 3.05) is 6.54 Å². The van der Waals surface area contributed by atoms with Crippen LogP contribution >= 0.6 is 15.9 Å². The Morgan fingerprint density at radius 3 is 2.53 bits per heavy atom. The third-order valence-electron chi connectivity index (χ3n) is 3.74. The third-order valence-corrected chi connectivity index (χ3v) is 4.20. The van der Waals surface area contributed by atoms with E-state index in [0.29, 0.717) is 18.6 Å². The summed E-state index contributed by atoms with van der Waals surface area (Å²) in [6.45, 7) is 9.63. The van der Waals surface area contributed by atoms with Gasteiger partial charge in [-0.1, -0.05) is 22.0 Å². The highest BCUT2D eigenvalue weighted by Gasteiger charge is 2.35. The molecule has 1 fully saturated rings. The van der Waals surface area contributed by atoms with Crippen molar-refractivity contribution in [3.8, 4) is 0 Å². The summed E-state index contributed by atoms with van der Waals surface area (Å²) in [7, 11) is 0. The zero-order valence-electron chi connectivity index (χ0n) is 12.2. The van der Waals surface area contributed by atoms with Gasteiger partial charge in [0.15, 0.2) is 0 Å². The molecule has 0 aliphatic carbocycles. The van der Waals surface area contributed by atoms with Crippen LogP contribution in [-0.4, -0.2) is 22.8 Å². The lowest BCUT2D eigenvalue weighted by atomic mass is 9.89. The molecule has 0 bridgehead atoms. The summed E-state index contributed by atoms with van der Waals surface area (Å²) >= 11 is 3.56. The predicted molar refractivity (Wildman–Crippen MR) is 82.3 cm³/mol. The Morgan fingerprint density at radius 2 is 1.95 bits per heavy atom. The second-order valence-electron chi connectivity index (χ2n) is 6.43. The van der Waals surface area contributed by atoms with Crippen molar-refractivity contribution in [1.29, 1.82) is 0 Å². The van der Waals surface area contributed by atoms with Crippen molar-refractivity contribution in [1.82, 2.24) is 4.90 Å². The third kappa shape index (κ3) is 3.46. The summed E-state index contributed by atoms with van der Waals surface area (Å²) in [5, 5.41) is 0. The average Bonchev–Trinajstić information content (AvgIpc) is 2.25. The minimum atomic E-state index is 0.0849. The maximum Gasteiger partial charge on any atom is 0.136 e. The zero-order chi connectivity index (χ0) is 14.2. The number of hydrogen-bond acceptors (Lipinski definition) is 2. The van der Waals surface area contributed by atoms with E-state index in [4.69, 9.17) is 0 Å². The largest absolute Gasteiger partial charge is 0.300 e. The monoisotopic (exact) mass is 323 g/mol. The number of likely N-dealkylation sites (tertiary alicyclic amines) is 1. The van der Waals surface area contributed by atoms with E-state index in [1.165, 1.54) is 11.1 Å². The minimum absolute atomic E-state index is 0.0849. The highest BCUT2D eigenvalue weighted by molar-refractivity contribution is 9.10. The number of rotatable bonds is 1. The molecule has 1 heterocycles. The van der Waals surface area contributed by atoms with Gasteiger partial charge in [0.2, 0.25) is 0 Å². The number of aryl methyl sites for hydroxylation is 1. The highest BCUT2D eigenvalue weighted by atomic mass is 79.9. The molecular formula is C16H22BrNO. The molecule has 1 aromatic carbocycles. The van der Waals surface area contributed by atoms with Crippen LogP contribution in [0.1, 0.15) is 50.8 Å². The van der Waals surface area contributed by atoms with Gasteiger partial charge in [0, 0.05) is 35.4 Å². The van der Waals surface area contributed by atoms with E-state index >= 15 is 0 Å². The first-order valence-corrected chi connectivity index (χ1v) is 7.62. The van der Waals surface area contributed by atoms with Crippen molar-refractivity contribution >= 4 is 21.7 Å². The molecule has 0 saturated carbocycles. The lowest BCUT2D eigenvalue weighted by Gasteiger charge is -2.44. The number of benzene rings is 1. The number of nitrogens with zero attached hydrogens (tertiary/aromatic N) is 1. The molecule has 1 unspecified atom stereocenters. The van der Waals surface area contributed by atoms with Crippen LogP contribution in [0.4, 0.5) is 0 Å². The lowest BCUT2D eigenvalue weighted by Crippen LogP contribution is -2.48. The standard InChI is InChI=1S/C16H22BrNO/c1-11-7-12(9-13(17)8-11)15-10-14(19)5-6-18(15)16(2,3)4/h7-9,15H,5-6,10H2,1-4H3. The predicted octanol–water partition coefficient (Wildman–Crippen LogP) is 4.26. The molecule has 0 amide bonds. The fourth-order valence-electron chi connectivity index (χ4n) is 2.89. The molecule has 0 spiro atoms. The topological polar surface area (TPSA) is 20.3 Å². The molecule has 0 radical (unpaired) electrons. The number of hydrogen-bond donors (Lipinski definition) is 0. The Labute approximate surface area is 124 Å². The SMILES string of the molecule is Cc1cc(Br)cc(C2CC(=O)CCN2C(C)(C)C)c1. The molecule has 1 atom stereocenters. The first-order valence-electron chi connectivity index (χ1n) is 6.83. The Kier molecular flexibility index (Phi) is 4.17. The van der Waals surface area contributed by atoms with Gasteiger partial charge in [0.1, 0.15) is 5.78 Å².